The van der Waals surface area contributed by atoms with Crippen molar-refractivity contribution in [2.45, 2.75) is 31.2 Å². The molecule has 0 unspecified atom stereocenters. The van der Waals surface area contributed by atoms with Gasteiger partial charge in [-0.2, -0.15) is 0 Å². The summed E-state index contributed by atoms with van der Waals surface area (Å²) in [4.78, 5) is 11.0. The number of carbonyl (C=O) groups excluding carboxylic acids is 1. The first-order chi connectivity index (χ1) is 5.70. The van der Waals surface area contributed by atoms with Crippen LogP contribution in [-0.2, 0) is 9.53 Å². The molecular formula is C8H14ClNO2. The Kier molecular flexibility index (Phi) is 3.82. The zero-order valence-corrected chi connectivity index (χ0v) is 7.93. The van der Waals surface area contributed by atoms with E-state index in [-0.39, 0.29) is 12.0 Å². The maximum atomic E-state index is 11.0. The third kappa shape index (κ3) is 2.99. The molecule has 12 heavy (non-hydrogen) atoms. The Balaban J connectivity index is 2.12. The Bertz CT molecular complexity index is 155. The number of alkyl halides is 1. The van der Waals surface area contributed by atoms with Gasteiger partial charge in [-0.15, -0.1) is 11.6 Å². The second-order valence-corrected chi connectivity index (χ2v) is 3.65. The van der Waals surface area contributed by atoms with Gasteiger partial charge in [0.15, 0.2) is 0 Å². The van der Waals surface area contributed by atoms with Crippen LogP contribution >= 0.6 is 11.6 Å². The van der Waals surface area contributed by atoms with E-state index in [4.69, 9.17) is 16.3 Å². The van der Waals surface area contributed by atoms with Crippen LogP contribution in [0.2, 0.25) is 0 Å². The summed E-state index contributed by atoms with van der Waals surface area (Å²) in [5, 5.41) is 2.28. The number of nitrogens with one attached hydrogen (secondary N) is 1. The van der Waals surface area contributed by atoms with E-state index in [0.29, 0.717) is 6.54 Å². The maximum Gasteiger partial charge on any atom is 0.237 e. The molecule has 1 aliphatic heterocycles. The van der Waals surface area contributed by atoms with Gasteiger partial charge in [0.2, 0.25) is 5.91 Å². The average molecular weight is 192 g/mol. The predicted molar refractivity (Wildman–Crippen MR) is 47.3 cm³/mol. The number of halogens is 1. The number of carbonyl (C=O) groups is 1. The van der Waals surface area contributed by atoms with Crippen molar-refractivity contribution in [3.05, 3.63) is 0 Å². The Morgan fingerprint density at radius 2 is 2.58 bits per heavy atom. The van der Waals surface area contributed by atoms with Crippen molar-refractivity contribution >= 4 is 17.5 Å². The van der Waals surface area contributed by atoms with Crippen LogP contribution in [0, 0.1) is 0 Å². The minimum Gasteiger partial charge on any atom is -0.376 e. The lowest BCUT2D eigenvalue weighted by Crippen LogP contribution is -2.35. The summed E-state index contributed by atoms with van der Waals surface area (Å²) in [7, 11) is 0. The monoisotopic (exact) mass is 191 g/mol. The van der Waals surface area contributed by atoms with E-state index in [1.54, 1.807) is 6.92 Å². The third-order valence-electron chi connectivity index (χ3n) is 1.89. The van der Waals surface area contributed by atoms with Crippen LogP contribution in [0.1, 0.15) is 19.8 Å². The summed E-state index contributed by atoms with van der Waals surface area (Å²) in [5.41, 5.74) is 0. The van der Waals surface area contributed by atoms with Gasteiger partial charge in [-0.25, -0.2) is 0 Å². The van der Waals surface area contributed by atoms with E-state index < -0.39 is 5.38 Å². The lowest BCUT2D eigenvalue weighted by atomic mass is 10.2. The number of hydrogen-bond acceptors (Lipinski definition) is 2. The molecule has 0 saturated carbocycles. The molecule has 1 fully saturated rings. The molecule has 2 atom stereocenters. The molecule has 1 aliphatic rings. The quantitative estimate of drug-likeness (QED) is 0.674. The molecule has 1 rings (SSSR count). The molecule has 0 radical (unpaired) electrons. The van der Waals surface area contributed by atoms with Crippen LogP contribution in [0.3, 0.4) is 0 Å². The summed E-state index contributed by atoms with van der Waals surface area (Å²) in [5.74, 6) is -0.118. The first-order valence-corrected chi connectivity index (χ1v) is 4.67. The highest BCUT2D eigenvalue weighted by Crippen LogP contribution is 2.10. The lowest BCUT2D eigenvalue weighted by molar-refractivity contribution is -0.120. The highest BCUT2D eigenvalue weighted by atomic mass is 35.5. The molecule has 1 saturated heterocycles. The first kappa shape index (κ1) is 9.81. The van der Waals surface area contributed by atoms with Crippen molar-refractivity contribution in [3.8, 4) is 0 Å². The molecule has 1 heterocycles. The van der Waals surface area contributed by atoms with Gasteiger partial charge in [-0.3, -0.25) is 4.79 Å². The number of rotatable bonds is 3. The molecule has 3 nitrogen and oxygen atoms in total. The second kappa shape index (κ2) is 4.67. The van der Waals surface area contributed by atoms with E-state index in [9.17, 15) is 4.79 Å². The second-order valence-electron chi connectivity index (χ2n) is 3.00. The van der Waals surface area contributed by atoms with Gasteiger partial charge in [0, 0.05) is 13.2 Å². The van der Waals surface area contributed by atoms with Gasteiger partial charge in [0.1, 0.15) is 5.38 Å². The van der Waals surface area contributed by atoms with Crippen molar-refractivity contribution in [3.63, 3.8) is 0 Å². The standard InChI is InChI=1S/C8H14ClNO2/c1-6(9)8(11)10-5-7-3-2-4-12-7/h6-7H,2-5H2,1H3,(H,10,11)/t6-,7+/m1/s1. The van der Waals surface area contributed by atoms with E-state index in [0.717, 1.165) is 19.4 Å². The molecular weight excluding hydrogens is 178 g/mol. The van der Waals surface area contributed by atoms with E-state index >= 15 is 0 Å². The van der Waals surface area contributed by atoms with Gasteiger partial charge >= 0.3 is 0 Å². The van der Waals surface area contributed by atoms with E-state index in [1.165, 1.54) is 0 Å². The molecule has 0 aromatic rings. The average Bonchev–Trinajstić information content (AvgIpc) is 2.51. The zero-order valence-electron chi connectivity index (χ0n) is 7.18. The van der Waals surface area contributed by atoms with Crippen molar-refractivity contribution in [2.75, 3.05) is 13.2 Å². The van der Waals surface area contributed by atoms with Crippen LogP contribution in [0.15, 0.2) is 0 Å². The van der Waals surface area contributed by atoms with Crippen molar-refractivity contribution in [1.82, 2.24) is 5.32 Å². The minimum absolute atomic E-state index is 0.118. The molecule has 70 valence electrons. The maximum absolute atomic E-state index is 11.0. The van der Waals surface area contributed by atoms with Crippen LogP contribution in [0.25, 0.3) is 0 Å². The SMILES string of the molecule is C[C@@H](Cl)C(=O)NC[C@@H]1CCCO1. The molecule has 1 amide bonds. The third-order valence-corrected chi connectivity index (χ3v) is 2.09. The fourth-order valence-electron chi connectivity index (χ4n) is 1.16. The number of ether oxygens (including phenoxy) is 1. The van der Waals surface area contributed by atoms with Gasteiger partial charge in [0.25, 0.3) is 0 Å². The number of hydrogen-bond donors (Lipinski definition) is 1. The summed E-state index contributed by atoms with van der Waals surface area (Å²) < 4.78 is 5.33. The normalized spacial score (nSPS) is 25.3. The lowest BCUT2D eigenvalue weighted by Gasteiger charge is -2.11. The van der Waals surface area contributed by atoms with Gasteiger partial charge in [-0.05, 0) is 19.8 Å². The highest BCUT2D eigenvalue weighted by Gasteiger charge is 2.17. The first-order valence-electron chi connectivity index (χ1n) is 4.23. The summed E-state index contributed by atoms with van der Waals surface area (Å²) in [6.07, 6.45) is 2.33. The van der Waals surface area contributed by atoms with E-state index in [2.05, 4.69) is 5.32 Å². The van der Waals surface area contributed by atoms with Crippen LogP contribution in [0.5, 0.6) is 0 Å². The summed E-state index contributed by atoms with van der Waals surface area (Å²) >= 11 is 5.56. The topological polar surface area (TPSA) is 38.3 Å². The van der Waals surface area contributed by atoms with Crippen molar-refractivity contribution < 1.29 is 9.53 Å². The minimum atomic E-state index is -0.452. The summed E-state index contributed by atoms with van der Waals surface area (Å²) in [6, 6.07) is 0. The van der Waals surface area contributed by atoms with Crippen molar-refractivity contribution in [2.24, 2.45) is 0 Å². The van der Waals surface area contributed by atoms with Gasteiger partial charge in [0.05, 0.1) is 6.10 Å². The Hall–Kier alpha value is -0.280. The largest absolute Gasteiger partial charge is 0.376 e. The van der Waals surface area contributed by atoms with E-state index in [1.807, 2.05) is 0 Å². The van der Waals surface area contributed by atoms with Crippen LogP contribution < -0.4 is 5.32 Å². The molecule has 0 aromatic heterocycles. The highest BCUT2D eigenvalue weighted by molar-refractivity contribution is 6.30. The molecule has 1 N–H and O–H groups in total. The predicted octanol–water partition coefficient (Wildman–Crippen LogP) is 0.909. The fraction of sp³-hybridized carbons (Fsp3) is 0.875. The fourth-order valence-corrected chi connectivity index (χ4v) is 1.24. The van der Waals surface area contributed by atoms with Crippen LogP contribution in [0.4, 0.5) is 0 Å². The molecule has 4 heteroatoms. The Morgan fingerprint density at radius 3 is 3.08 bits per heavy atom. The van der Waals surface area contributed by atoms with Crippen LogP contribution in [-0.4, -0.2) is 30.5 Å². The molecule has 0 aromatic carbocycles. The summed E-state index contributed by atoms with van der Waals surface area (Å²) in [6.45, 7) is 3.07. The Morgan fingerprint density at radius 1 is 1.83 bits per heavy atom. The van der Waals surface area contributed by atoms with Crippen molar-refractivity contribution in [1.29, 1.82) is 0 Å². The molecule has 0 bridgehead atoms. The Labute approximate surface area is 77.4 Å². The van der Waals surface area contributed by atoms with Gasteiger partial charge < -0.3 is 10.1 Å². The van der Waals surface area contributed by atoms with Gasteiger partial charge in [-0.1, -0.05) is 0 Å². The number of amides is 1. The molecule has 0 spiro atoms. The smallest absolute Gasteiger partial charge is 0.237 e. The zero-order chi connectivity index (χ0) is 8.97. The molecule has 0 aliphatic carbocycles.